The quantitative estimate of drug-likeness (QED) is 0.712. The Kier molecular flexibility index (Phi) is 5.37. The molecular formula is C15H24N2O3S. The summed E-state index contributed by atoms with van der Waals surface area (Å²) in [5, 5.41) is 0. The van der Waals surface area contributed by atoms with Gasteiger partial charge in [-0.3, -0.25) is 0 Å². The molecule has 0 bridgehead atoms. The monoisotopic (exact) mass is 312 g/mol. The Labute approximate surface area is 126 Å². The highest BCUT2D eigenvalue weighted by Crippen LogP contribution is 2.28. The van der Waals surface area contributed by atoms with Crippen LogP contribution in [0.1, 0.15) is 29.5 Å². The summed E-state index contributed by atoms with van der Waals surface area (Å²) in [5.74, 6) is 0.688. The molecule has 0 amide bonds. The third-order valence-electron chi connectivity index (χ3n) is 3.73. The SMILES string of the molecule is Cc1cc(C)c(S(=O)(=O)NCCOCC2CC2)cc1CN. The fraction of sp³-hybridized carbons (Fsp3) is 0.600. The second kappa shape index (κ2) is 6.87. The van der Waals surface area contributed by atoms with Gasteiger partial charge in [-0.2, -0.15) is 0 Å². The molecule has 5 nitrogen and oxygen atoms in total. The number of aryl methyl sites for hydroxylation is 2. The summed E-state index contributed by atoms with van der Waals surface area (Å²) in [4.78, 5) is 0.302. The Morgan fingerprint density at radius 1 is 1.29 bits per heavy atom. The summed E-state index contributed by atoms with van der Waals surface area (Å²) in [6, 6.07) is 3.53. The van der Waals surface area contributed by atoms with Crippen LogP contribution in [0.25, 0.3) is 0 Å². The Balaban J connectivity index is 1.97. The van der Waals surface area contributed by atoms with Crippen LogP contribution in [0.4, 0.5) is 0 Å². The first-order valence-electron chi connectivity index (χ1n) is 7.31. The Morgan fingerprint density at radius 3 is 2.62 bits per heavy atom. The van der Waals surface area contributed by atoms with Gasteiger partial charge in [-0.25, -0.2) is 13.1 Å². The molecule has 0 unspecified atom stereocenters. The van der Waals surface area contributed by atoms with Crippen molar-refractivity contribution < 1.29 is 13.2 Å². The third-order valence-corrected chi connectivity index (χ3v) is 5.33. The van der Waals surface area contributed by atoms with Gasteiger partial charge < -0.3 is 10.5 Å². The molecule has 1 aromatic rings. The molecule has 3 N–H and O–H groups in total. The molecule has 0 heterocycles. The summed E-state index contributed by atoms with van der Waals surface area (Å²) < 4.78 is 32.7. The van der Waals surface area contributed by atoms with Crippen LogP contribution in [0.2, 0.25) is 0 Å². The second-order valence-corrected chi connectivity index (χ2v) is 7.40. The normalized spacial score (nSPS) is 15.4. The molecule has 1 fully saturated rings. The van der Waals surface area contributed by atoms with Crippen LogP contribution in [0, 0.1) is 19.8 Å². The van der Waals surface area contributed by atoms with Gasteiger partial charge in [0.15, 0.2) is 0 Å². The number of rotatable bonds is 8. The predicted molar refractivity (Wildman–Crippen MR) is 82.5 cm³/mol. The van der Waals surface area contributed by atoms with Gasteiger partial charge in [0, 0.05) is 19.7 Å². The van der Waals surface area contributed by atoms with Gasteiger partial charge in [0.2, 0.25) is 10.0 Å². The van der Waals surface area contributed by atoms with E-state index in [-0.39, 0.29) is 0 Å². The van der Waals surface area contributed by atoms with E-state index < -0.39 is 10.0 Å². The van der Waals surface area contributed by atoms with Crippen molar-refractivity contribution in [2.45, 2.75) is 38.1 Å². The third kappa shape index (κ3) is 4.51. The van der Waals surface area contributed by atoms with Crippen LogP contribution in [0.15, 0.2) is 17.0 Å². The topological polar surface area (TPSA) is 81.4 Å². The first kappa shape index (κ1) is 16.4. The van der Waals surface area contributed by atoms with Crippen molar-refractivity contribution in [2.24, 2.45) is 11.7 Å². The molecule has 2 rings (SSSR count). The summed E-state index contributed by atoms with van der Waals surface area (Å²) in [6.07, 6.45) is 2.46. The van der Waals surface area contributed by atoms with Gasteiger partial charge in [-0.1, -0.05) is 6.07 Å². The fourth-order valence-corrected chi connectivity index (χ4v) is 3.53. The van der Waals surface area contributed by atoms with Crippen LogP contribution < -0.4 is 10.5 Å². The van der Waals surface area contributed by atoms with Gasteiger partial charge in [0.05, 0.1) is 11.5 Å². The van der Waals surface area contributed by atoms with Gasteiger partial charge in [-0.05, 0) is 55.4 Å². The highest BCUT2D eigenvalue weighted by Gasteiger charge is 2.21. The van der Waals surface area contributed by atoms with E-state index >= 15 is 0 Å². The van der Waals surface area contributed by atoms with E-state index in [1.54, 1.807) is 13.0 Å². The van der Waals surface area contributed by atoms with Gasteiger partial charge >= 0.3 is 0 Å². The van der Waals surface area contributed by atoms with E-state index in [4.69, 9.17) is 10.5 Å². The molecule has 1 saturated carbocycles. The molecule has 0 aromatic heterocycles. The summed E-state index contributed by atoms with van der Waals surface area (Å²) in [5.41, 5.74) is 8.25. The van der Waals surface area contributed by atoms with E-state index in [2.05, 4.69) is 4.72 Å². The summed E-state index contributed by atoms with van der Waals surface area (Å²) >= 11 is 0. The maximum atomic E-state index is 12.3. The minimum absolute atomic E-state index is 0.292. The maximum Gasteiger partial charge on any atom is 0.240 e. The molecule has 21 heavy (non-hydrogen) atoms. The number of ether oxygens (including phenoxy) is 1. The molecule has 118 valence electrons. The van der Waals surface area contributed by atoms with E-state index in [0.29, 0.717) is 30.5 Å². The molecule has 0 aliphatic heterocycles. The zero-order valence-electron chi connectivity index (χ0n) is 12.7. The van der Waals surface area contributed by atoms with Crippen LogP contribution in [0.5, 0.6) is 0 Å². The van der Waals surface area contributed by atoms with Crippen molar-refractivity contribution in [1.82, 2.24) is 4.72 Å². The molecule has 0 spiro atoms. The largest absolute Gasteiger partial charge is 0.380 e. The predicted octanol–water partition coefficient (Wildman–Crippen LogP) is 1.47. The summed E-state index contributed by atoms with van der Waals surface area (Å²) in [6.45, 7) is 5.50. The van der Waals surface area contributed by atoms with Crippen molar-refractivity contribution in [3.63, 3.8) is 0 Å². The minimum atomic E-state index is -3.51. The van der Waals surface area contributed by atoms with E-state index in [9.17, 15) is 8.42 Å². The number of nitrogens with one attached hydrogen (secondary N) is 1. The lowest BCUT2D eigenvalue weighted by atomic mass is 10.1. The van der Waals surface area contributed by atoms with Crippen molar-refractivity contribution in [3.8, 4) is 0 Å². The Morgan fingerprint density at radius 2 is 2.00 bits per heavy atom. The zero-order valence-corrected chi connectivity index (χ0v) is 13.5. The molecule has 1 aromatic carbocycles. The first-order valence-corrected chi connectivity index (χ1v) is 8.80. The first-order chi connectivity index (χ1) is 9.94. The molecule has 1 aliphatic carbocycles. The maximum absolute atomic E-state index is 12.3. The highest BCUT2D eigenvalue weighted by atomic mass is 32.2. The van der Waals surface area contributed by atoms with Crippen LogP contribution in [-0.4, -0.2) is 28.2 Å². The van der Waals surface area contributed by atoms with Crippen molar-refractivity contribution in [1.29, 1.82) is 0 Å². The van der Waals surface area contributed by atoms with Crippen molar-refractivity contribution in [3.05, 3.63) is 28.8 Å². The molecule has 0 saturated heterocycles. The Hall–Kier alpha value is -0.950. The number of hydrogen-bond acceptors (Lipinski definition) is 4. The number of nitrogens with two attached hydrogens (primary N) is 1. The smallest absolute Gasteiger partial charge is 0.240 e. The molecule has 1 aliphatic rings. The zero-order chi connectivity index (χ0) is 15.5. The van der Waals surface area contributed by atoms with E-state index in [1.165, 1.54) is 12.8 Å². The lowest BCUT2D eigenvalue weighted by Crippen LogP contribution is -2.28. The van der Waals surface area contributed by atoms with Gasteiger partial charge in [0.25, 0.3) is 0 Å². The van der Waals surface area contributed by atoms with Crippen LogP contribution >= 0.6 is 0 Å². The molecular weight excluding hydrogens is 288 g/mol. The average Bonchev–Trinajstić information content (AvgIpc) is 3.22. The lowest BCUT2D eigenvalue weighted by Gasteiger charge is -2.13. The second-order valence-electron chi connectivity index (χ2n) is 5.66. The average molecular weight is 312 g/mol. The highest BCUT2D eigenvalue weighted by molar-refractivity contribution is 7.89. The van der Waals surface area contributed by atoms with Gasteiger partial charge in [-0.15, -0.1) is 0 Å². The summed E-state index contributed by atoms with van der Waals surface area (Å²) in [7, 11) is -3.51. The minimum Gasteiger partial charge on any atom is -0.380 e. The van der Waals surface area contributed by atoms with E-state index in [1.807, 2.05) is 13.0 Å². The molecule has 0 radical (unpaired) electrons. The van der Waals surface area contributed by atoms with E-state index in [0.717, 1.165) is 23.3 Å². The standard InChI is InChI=1S/C15H24N2O3S/c1-11-7-12(2)15(8-14(11)9-16)21(18,19)17-5-6-20-10-13-3-4-13/h7-8,13,17H,3-6,9-10,16H2,1-2H3. The number of hydrogen-bond donors (Lipinski definition) is 2. The van der Waals surface area contributed by atoms with Crippen LogP contribution in [-0.2, 0) is 21.3 Å². The number of sulfonamides is 1. The van der Waals surface area contributed by atoms with Gasteiger partial charge in [0.1, 0.15) is 0 Å². The van der Waals surface area contributed by atoms with Crippen LogP contribution in [0.3, 0.4) is 0 Å². The number of benzene rings is 1. The lowest BCUT2D eigenvalue weighted by molar-refractivity contribution is 0.129. The Bertz CT molecular complexity index is 595. The van der Waals surface area contributed by atoms with Crippen molar-refractivity contribution >= 4 is 10.0 Å². The van der Waals surface area contributed by atoms with Crippen molar-refractivity contribution in [2.75, 3.05) is 19.8 Å². The fourth-order valence-electron chi connectivity index (χ4n) is 2.24. The molecule has 0 atom stereocenters. The molecule has 6 heteroatoms.